The molecule has 3 N–H and O–H groups in total. The van der Waals surface area contributed by atoms with Gasteiger partial charge in [0.1, 0.15) is 0 Å². The van der Waals surface area contributed by atoms with E-state index < -0.39 is 0 Å². The first-order valence-corrected chi connectivity index (χ1v) is 7.48. The molecular formula is C15H31N3O. The van der Waals surface area contributed by atoms with Gasteiger partial charge in [-0.25, -0.2) is 0 Å². The lowest BCUT2D eigenvalue weighted by Crippen LogP contribution is -2.47. The van der Waals surface area contributed by atoms with Gasteiger partial charge in [0.25, 0.3) is 0 Å². The average molecular weight is 269 g/mol. The van der Waals surface area contributed by atoms with Crippen molar-refractivity contribution in [1.82, 2.24) is 10.2 Å². The summed E-state index contributed by atoms with van der Waals surface area (Å²) in [4.78, 5) is 14.4. The molecule has 0 bridgehead atoms. The third-order valence-electron chi connectivity index (χ3n) is 3.92. The monoisotopic (exact) mass is 269 g/mol. The second-order valence-electron chi connectivity index (χ2n) is 7.18. The van der Waals surface area contributed by atoms with Gasteiger partial charge in [-0.3, -0.25) is 9.69 Å². The lowest BCUT2D eigenvalue weighted by atomic mass is 9.95. The molecule has 1 fully saturated rings. The Morgan fingerprint density at radius 3 is 2.47 bits per heavy atom. The van der Waals surface area contributed by atoms with Crippen molar-refractivity contribution in [3.63, 3.8) is 0 Å². The van der Waals surface area contributed by atoms with E-state index in [2.05, 4.69) is 24.1 Å². The third-order valence-corrected chi connectivity index (χ3v) is 3.92. The second kappa shape index (κ2) is 6.71. The molecule has 2 unspecified atom stereocenters. The Morgan fingerprint density at radius 1 is 1.42 bits per heavy atom. The number of nitrogens with one attached hydrogen (secondary N) is 1. The summed E-state index contributed by atoms with van der Waals surface area (Å²) in [6.07, 6.45) is 1.74. The lowest BCUT2D eigenvalue weighted by molar-refractivity contribution is -0.123. The van der Waals surface area contributed by atoms with E-state index in [0.717, 1.165) is 19.0 Å². The molecule has 4 heteroatoms. The summed E-state index contributed by atoms with van der Waals surface area (Å²) in [6, 6.07) is 0.186. The van der Waals surface area contributed by atoms with Gasteiger partial charge in [0.15, 0.2) is 0 Å². The molecule has 2 atom stereocenters. The number of likely N-dealkylation sites (tertiary alicyclic amines) is 1. The molecule has 4 nitrogen and oxygen atoms in total. The number of amides is 1. The predicted octanol–water partition coefficient (Wildman–Crippen LogP) is 1.60. The van der Waals surface area contributed by atoms with Crippen LogP contribution in [0, 0.1) is 11.8 Å². The lowest BCUT2D eigenvalue weighted by Gasteiger charge is -2.28. The van der Waals surface area contributed by atoms with E-state index in [1.807, 2.05) is 20.8 Å². The first kappa shape index (κ1) is 16.4. The highest BCUT2D eigenvalue weighted by Gasteiger charge is 2.30. The molecule has 0 saturated carbocycles. The number of hydrogen-bond acceptors (Lipinski definition) is 3. The molecule has 1 amide bonds. The van der Waals surface area contributed by atoms with E-state index in [0.29, 0.717) is 18.9 Å². The van der Waals surface area contributed by atoms with Crippen molar-refractivity contribution in [1.29, 1.82) is 0 Å². The molecule has 1 aliphatic heterocycles. The molecule has 1 aliphatic rings. The Morgan fingerprint density at radius 2 is 2.05 bits per heavy atom. The van der Waals surface area contributed by atoms with Crippen LogP contribution in [-0.4, -0.2) is 42.0 Å². The Balaban J connectivity index is 2.48. The molecule has 1 saturated heterocycles. The van der Waals surface area contributed by atoms with Crippen molar-refractivity contribution in [2.24, 2.45) is 17.6 Å². The van der Waals surface area contributed by atoms with Crippen molar-refractivity contribution in [3.05, 3.63) is 0 Å². The first-order chi connectivity index (χ1) is 8.73. The summed E-state index contributed by atoms with van der Waals surface area (Å²) < 4.78 is 0. The van der Waals surface area contributed by atoms with Gasteiger partial charge in [0.2, 0.25) is 5.91 Å². The molecule has 19 heavy (non-hydrogen) atoms. The Labute approximate surface area is 118 Å². The van der Waals surface area contributed by atoms with Crippen molar-refractivity contribution in [2.75, 3.05) is 19.6 Å². The van der Waals surface area contributed by atoms with Crippen LogP contribution in [0.5, 0.6) is 0 Å². The van der Waals surface area contributed by atoms with Gasteiger partial charge in [0, 0.05) is 31.1 Å². The molecule has 0 spiro atoms. The van der Waals surface area contributed by atoms with Gasteiger partial charge < -0.3 is 11.1 Å². The SMILES string of the molecule is CC(C)C1CCN(C(CN)CC(=O)NC(C)(C)C)C1. The van der Waals surface area contributed by atoms with Gasteiger partial charge in [-0.1, -0.05) is 13.8 Å². The zero-order valence-electron chi connectivity index (χ0n) is 13.2. The van der Waals surface area contributed by atoms with Crippen molar-refractivity contribution in [3.8, 4) is 0 Å². The molecule has 0 aromatic heterocycles. The van der Waals surface area contributed by atoms with Crippen molar-refractivity contribution in [2.45, 2.75) is 59.0 Å². The van der Waals surface area contributed by atoms with Crippen LogP contribution < -0.4 is 11.1 Å². The predicted molar refractivity (Wildman–Crippen MR) is 79.9 cm³/mol. The van der Waals surface area contributed by atoms with Crippen LogP contribution in [-0.2, 0) is 4.79 Å². The molecule has 0 aromatic rings. The maximum absolute atomic E-state index is 12.0. The summed E-state index contributed by atoms with van der Waals surface area (Å²) in [6.45, 7) is 13.3. The maximum atomic E-state index is 12.0. The Bertz CT molecular complexity index is 296. The summed E-state index contributed by atoms with van der Waals surface area (Å²) in [5, 5.41) is 3.02. The summed E-state index contributed by atoms with van der Waals surface area (Å²) in [5.74, 6) is 1.57. The highest BCUT2D eigenvalue weighted by atomic mass is 16.1. The molecule has 112 valence electrons. The van der Waals surface area contributed by atoms with Gasteiger partial charge in [-0.05, 0) is 45.6 Å². The number of nitrogens with two attached hydrogens (primary N) is 1. The minimum atomic E-state index is -0.165. The van der Waals surface area contributed by atoms with E-state index in [1.54, 1.807) is 0 Å². The van der Waals surface area contributed by atoms with Crippen LogP contribution in [0.3, 0.4) is 0 Å². The zero-order chi connectivity index (χ0) is 14.6. The van der Waals surface area contributed by atoms with Crippen LogP contribution in [0.15, 0.2) is 0 Å². The average Bonchev–Trinajstić information content (AvgIpc) is 2.72. The number of hydrogen-bond donors (Lipinski definition) is 2. The standard InChI is InChI=1S/C15H31N3O/c1-11(2)12-6-7-18(10-12)13(9-16)8-14(19)17-15(3,4)5/h11-13H,6-10,16H2,1-5H3,(H,17,19). The summed E-state index contributed by atoms with van der Waals surface area (Å²) in [7, 11) is 0. The van der Waals surface area contributed by atoms with Crippen LogP contribution in [0.1, 0.15) is 47.5 Å². The van der Waals surface area contributed by atoms with Crippen molar-refractivity contribution < 1.29 is 4.79 Å². The van der Waals surface area contributed by atoms with Crippen molar-refractivity contribution >= 4 is 5.91 Å². The molecule has 0 aromatic carbocycles. The highest BCUT2D eigenvalue weighted by molar-refractivity contribution is 5.77. The van der Waals surface area contributed by atoms with Gasteiger partial charge in [0.05, 0.1) is 0 Å². The fourth-order valence-corrected chi connectivity index (χ4v) is 2.74. The van der Waals surface area contributed by atoms with E-state index in [4.69, 9.17) is 5.73 Å². The second-order valence-corrected chi connectivity index (χ2v) is 7.18. The highest BCUT2D eigenvalue weighted by Crippen LogP contribution is 2.25. The third kappa shape index (κ3) is 5.49. The van der Waals surface area contributed by atoms with Crippen LogP contribution in [0.4, 0.5) is 0 Å². The van der Waals surface area contributed by atoms with E-state index in [-0.39, 0.29) is 17.5 Å². The number of rotatable bonds is 5. The van der Waals surface area contributed by atoms with Gasteiger partial charge in [-0.15, -0.1) is 0 Å². The topological polar surface area (TPSA) is 58.4 Å². The van der Waals surface area contributed by atoms with Gasteiger partial charge in [-0.2, -0.15) is 0 Å². The minimum Gasteiger partial charge on any atom is -0.351 e. The number of carbonyl (C=O) groups excluding carboxylic acids is 1. The molecule has 0 radical (unpaired) electrons. The molecular weight excluding hydrogens is 238 g/mol. The Hall–Kier alpha value is -0.610. The summed E-state index contributed by atoms with van der Waals surface area (Å²) in [5.41, 5.74) is 5.70. The van der Waals surface area contributed by atoms with E-state index in [9.17, 15) is 4.79 Å². The smallest absolute Gasteiger partial charge is 0.222 e. The zero-order valence-corrected chi connectivity index (χ0v) is 13.2. The number of carbonyl (C=O) groups is 1. The molecule has 1 heterocycles. The van der Waals surface area contributed by atoms with Crippen LogP contribution in [0.25, 0.3) is 0 Å². The fourth-order valence-electron chi connectivity index (χ4n) is 2.74. The molecule has 1 rings (SSSR count). The van der Waals surface area contributed by atoms with Gasteiger partial charge >= 0.3 is 0 Å². The van der Waals surface area contributed by atoms with E-state index >= 15 is 0 Å². The fraction of sp³-hybridized carbons (Fsp3) is 0.933. The maximum Gasteiger partial charge on any atom is 0.222 e. The van der Waals surface area contributed by atoms with E-state index in [1.165, 1.54) is 6.42 Å². The quantitative estimate of drug-likeness (QED) is 0.797. The van der Waals surface area contributed by atoms with Crippen LogP contribution in [0.2, 0.25) is 0 Å². The number of nitrogens with zero attached hydrogens (tertiary/aromatic N) is 1. The summed E-state index contributed by atoms with van der Waals surface area (Å²) >= 11 is 0. The largest absolute Gasteiger partial charge is 0.351 e. The normalized spacial score (nSPS) is 22.8. The molecule has 0 aliphatic carbocycles. The minimum absolute atomic E-state index is 0.107. The Kier molecular flexibility index (Phi) is 5.81. The van der Waals surface area contributed by atoms with Crippen LogP contribution >= 0.6 is 0 Å². The first-order valence-electron chi connectivity index (χ1n) is 7.48.